The lowest BCUT2D eigenvalue weighted by molar-refractivity contribution is -0.384. The molecule has 0 aliphatic heterocycles. The number of non-ortho nitro benzene ring substituents is 1. The Morgan fingerprint density at radius 3 is 2.54 bits per heavy atom. The third-order valence-electron chi connectivity index (χ3n) is 3.28. The first-order valence-electron chi connectivity index (χ1n) is 7.41. The smallest absolute Gasteiger partial charge is 0.269 e. The average Bonchev–Trinajstić information content (AvgIpc) is 2.53. The van der Waals surface area contributed by atoms with E-state index in [4.69, 9.17) is 0 Å². The van der Waals surface area contributed by atoms with E-state index >= 15 is 0 Å². The molecule has 0 atom stereocenters. The molecule has 0 radical (unpaired) electrons. The van der Waals surface area contributed by atoms with E-state index < -0.39 is 4.92 Å². The molecule has 2 aromatic carbocycles. The van der Waals surface area contributed by atoms with Crippen molar-refractivity contribution in [1.29, 1.82) is 0 Å². The number of nitrogens with zero attached hydrogens (tertiary/aromatic N) is 1. The molecular formula is C17H20ClN3O3. The van der Waals surface area contributed by atoms with Gasteiger partial charge in [-0.2, -0.15) is 0 Å². The predicted octanol–water partition coefficient (Wildman–Crippen LogP) is 3.31. The number of carbonyl (C=O) groups excluding carboxylic acids is 1. The van der Waals surface area contributed by atoms with Gasteiger partial charge in [-0.15, -0.1) is 12.4 Å². The fraction of sp³-hybridized carbons (Fsp3) is 0.235. The fourth-order valence-electron chi connectivity index (χ4n) is 2.20. The molecule has 1 amide bonds. The minimum Gasteiger partial charge on any atom is -0.326 e. The third kappa shape index (κ3) is 5.98. The second-order valence-corrected chi connectivity index (χ2v) is 5.13. The summed E-state index contributed by atoms with van der Waals surface area (Å²) in [6.07, 6.45) is 0.0963. The first-order chi connectivity index (χ1) is 11.1. The van der Waals surface area contributed by atoms with Crippen LogP contribution in [0.15, 0.2) is 48.5 Å². The molecule has 0 spiro atoms. The van der Waals surface area contributed by atoms with Gasteiger partial charge < -0.3 is 10.6 Å². The zero-order chi connectivity index (χ0) is 16.7. The van der Waals surface area contributed by atoms with Crippen LogP contribution in [0.2, 0.25) is 0 Å². The van der Waals surface area contributed by atoms with E-state index in [1.807, 2.05) is 31.2 Å². The SMILES string of the molecule is CCNCc1cccc(NC(=O)Cc2cccc([N+](=O)[O-])c2)c1.Cl. The van der Waals surface area contributed by atoms with Crippen molar-refractivity contribution in [2.75, 3.05) is 11.9 Å². The number of nitro benzene ring substituents is 1. The second kappa shape index (κ2) is 9.64. The first kappa shape index (κ1) is 19.6. The highest BCUT2D eigenvalue weighted by molar-refractivity contribution is 5.92. The monoisotopic (exact) mass is 349 g/mol. The molecular weight excluding hydrogens is 330 g/mol. The maximum Gasteiger partial charge on any atom is 0.269 e. The van der Waals surface area contributed by atoms with Crippen molar-refractivity contribution in [3.8, 4) is 0 Å². The zero-order valence-electron chi connectivity index (χ0n) is 13.3. The molecule has 0 heterocycles. The van der Waals surface area contributed by atoms with Gasteiger partial charge in [-0.05, 0) is 29.8 Å². The summed E-state index contributed by atoms with van der Waals surface area (Å²) >= 11 is 0. The molecule has 24 heavy (non-hydrogen) atoms. The maximum absolute atomic E-state index is 12.1. The van der Waals surface area contributed by atoms with E-state index in [0.717, 1.165) is 24.3 Å². The van der Waals surface area contributed by atoms with Crippen molar-refractivity contribution >= 4 is 29.7 Å². The molecule has 0 fully saturated rings. The summed E-state index contributed by atoms with van der Waals surface area (Å²) in [5, 5.41) is 16.8. The average molecular weight is 350 g/mol. The van der Waals surface area contributed by atoms with Crippen LogP contribution in [-0.4, -0.2) is 17.4 Å². The largest absolute Gasteiger partial charge is 0.326 e. The summed E-state index contributed by atoms with van der Waals surface area (Å²) in [5.74, 6) is -0.203. The minimum atomic E-state index is -0.467. The lowest BCUT2D eigenvalue weighted by Crippen LogP contribution is -2.15. The van der Waals surface area contributed by atoms with E-state index in [9.17, 15) is 14.9 Å². The molecule has 0 aliphatic rings. The van der Waals surface area contributed by atoms with Crippen LogP contribution in [0.4, 0.5) is 11.4 Å². The summed E-state index contributed by atoms with van der Waals surface area (Å²) in [5.41, 5.74) is 2.40. The van der Waals surface area contributed by atoms with E-state index in [0.29, 0.717) is 5.56 Å². The number of hydrogen-bond acceptors (Lipinski definition) is 4. The number of halogens is 1. The van der Waals surface area contributed by atoms with Gasteiger partial charge >= 0.3 is 0 Å². The molecule has 2 aromatic rings. The van der Waals surface area contributed by atoms with Crippen LogP contribution in [-0.2, 0) is 17.8 Å². The lowest BCUT2D eigenvalue weighted by atomic mass is 10.1. The number of anilines is 1. The number of carbonyl (C=O) groups is 1. The van der Waals surface area contributed by atoms with E-state index in [-0.39, 0.29) is 30.4 Å². The quantitative estimate of drug-likeness (QED) is 0.593. The number of benzene rings is 2. The fourth-order valence-corrected chi connectivity index (χ4v) is 2.20. The Hall–Kier alpha value is -2.44. The van der Waals surface area contributed by atoms with Crippen LogP contribution < -0.4 is 10.6 Å². The van der Waals surface area contributed by atoms with Gasteiger partial charge in [-0.3, -0.25) is 14.9 Å². The van der Waals surface area contributed by atoms with Crippen molar-refractivity contribution in [3.63, 3.8) is 0 Å². The molecule has 0 saturated carbocycles. The molecule has 2 rings (SSSR count). The number of rotatable bonds is 7. The second-order valence-electron chi connectivity index (χ2n) is 5.13. The number of amides is 1. The Morgan fingerprint density at radius 2 is 1.83 bits per heavy atom. The van der Waals surface area contributed by atoms with Crippen LogP contribution in [0, 0.1) is 10.1 Å². The Bertz CT molecular complexity index is 707. The maximum atomic E-state index is 12.1. The van der Waals surface area contributed by atoms with Crippen molar-refractivity contribution < 1.29 is 9.72 Å². The predicted molar refractivity (Wildman–Crippen MR) is 96.5 cm³/mol. The van der Waals surface area contributed by atoms with Gasteiger partial charge in [0.25, 0.3) is 5.69 Å². The van der Waals surface area contributed by atoms with Gasteiger partial charge in [0.05, 0.1) is 11.3 Å². The van der Waals surface area contributed by atoms with Gasteiger partial charge in [0.2, 0.25) is 5.91 Å². The standard InChI is InChI=1S/C17H19N3O3.ClH/c1-2-18-12-14-6-3-7-15(9-14)19-17(21)11-13-5-4-8-16(10-13)20(22)23;/h3-10,18H,2,11-12H2,1H3,(H,19,21);1H. The van der Waals surface area contributed by atoms with Crippen LogP contribution >= 0.6 is 12.4 Å². The summed E-state index contributed by atoms with van der Waals surface area (Å²) in [4.78, 5) is 22.4. The first-order valence-corrected chi connectivity index (χ1v) is 7.41. The summed E-state index contributed by atoms with van der Waals surface area (Å²) < 4.78 is 0. The topological polar surface area (TPSA) is 84.3 Å². The molecule has 6 nitrogen and oxygen atoms in total. The number of nitrogens with one attached hydrogen (secondary N) is 2. The van der Waals surface area contributed by atoms with Crippen LogP contribution in [0.25, 0.3) is 0 Å². The molecule has 7 heteroatoms. The lowest BCUT2D eigenvalue weighted by Gasteiger charge is -2.08. The molecule has 0 aliphatic carbocycles. The molecule has 0 unspecified atom stereocenters. The van der Waals surface area contributed by atoms with Crippen molar-refractivity contribution in [2.24, 2.45) is 0 Å². The van der Waals surface area contributed by atoms with Gasteiger partial charge in [-0.25, -0.2) is 0 Å². The van der Waals surface area contributed by atoms with Gasteiger partial charge in [0.15, 0.2) is 0 Å². The highest BCUT2D eigenvalue weighted by Gasteiger charge is 2.09. The molecule has 2 N–H and O–H groups in total. The molecule has 0 bridgehead atoms. The Morgan fingerprint density at radius 1 is 1.12 bits per heavy atom. The van der Waals surface area contributed by atoms with E-state index in [1.54, 1.807) is 12.1 Å². The minimum absolute atomic E-state index is 0. The third-order valence-corrected chi connectivity index (χ3v) is 3.28. The molecule has 0 aromatic heterocycles. The number of nitro groups is 1. The molecule has 0 saturated heterocycles. The van der Waals surface area contributed by atoms with Crippen molar-refractivity contribution in [3.05, 3.63) is 69.8 Å². The highest BCUT2D eigenvalue weighted by Crippen LogP contribution is 2.15. The van der Waals surface area contributed by atoms with Crippen LogP contribution in [0.1, 0.15) is 18.1 Å². The zero-order valence-corrected chi connectivity index (χ0v) is 14.1. The van der Waals surface area contributed by atoms with Crippen LogP contribution in [0.3, 0.4) is 0 Å². The van der Waals surface area contributed by atoms with Crippen molar-refractivity contribution in [1.82, 2.24) is 5.32 Å². The molecule has 128 valence electrons. The summed E-state index contributed by atoms with van der Waals surface area (Å²) in [7, 11) is 0. The normalized spacial score (nSPS) is 9.88. The van der Waals surface area contributed by atoms with E-state index in [2.05, 4.69) is 10.6 Å². The Balaban J connectivity index is 0.00000288. The van der Waals surface area contributed by atoms with Gasteiger partial charge in [0, 0.05) is 24.4 Å². The van der Waals surface area contributed by atoms with Gasteiger partial charge in [-0.1, -0.05) is 31.2 Å². The summed E-state index contributed by atoms with van der Waals surface area (Å²) in [6, 6.07) is 13.7. The van der Waals surface area contributed by atoms with E-state index in [1.165, 1.54) is 12.1 Å². The van der Waals surface area contributed by atoms with Crippen LogP contribution in [0.5, 0.6) is 0 Å². The highest BCUT2D eigenvalue weighted by atomic mass is 35.5. The number of hydrogen-bond donors (Lipinski definition) is 2. The summed E-state index contributed by atoms with van der Waals surface area (Å²) in [6.45, 7) is 3.65. The Kier molecular flexibility index (Phi) is 7.88. The van der Waals surface area contributed by atoms with Gasteiger partial charge in [0.1, 0.15) is 0 Å². The Labute approximate surface area is 146 Å². The van der Waals surface area contributed by atoms with Crippen molar-refractivity contribution in [2.45, 2.75) is 19.9 Å².